The lowest BCUT2D eigenvalue weighted by Gasteiger charge is -2.13. The van der Waals surface area contributed by atoms with Crippen molar-refractivity contribution in [2.24, 2.45) is 7.05 Å². The van der Waals surface area contributed by atoms with E-state index in [9.17, 15) is 4.79 Å². The fourth-order valence-electron chi connectivity index (χ4n) is 2.64. The summed E-state index contributed by atoms with van der Waals surface area (Å²) in [5, 5.41) is 15.9. The van der Waals surface area contributed by atoms with Crippen molar-refractivity contribution in [1.29, 1.82) is 0 Å². The molecule has 3 heterocycles. The smallest absolute Gasteiger partial charge is 0.244 e. The van der Waals surface area contributed by atoms with E-state index >= 15 is 0 Å². The molecule has 0 aliphatic heterocycles. The number of amides is 1. The molecule has 0 spiro atoms. The highest BCUT2D eigenvalue weighted by molar-refractivity contribution is 5.81. The van der Waals surface area contributed by atoms with Gasteiger partial charge in [0.05, 0.1) is 24.1 Å². The highest BCUT2D eigenvalue weighted by Gasteiger charge is 2.19. The van der Waals surface area contributed by atoms with Crippen molar-refractivity contribution in [3.63, 3.8) is 0 Å². The van der Waals surface area contributed by atoms with Gasteiger partial charge in [0.15, 0.2) is 0 Å². The molecule has 0 unspecified atom stereocenters. The summed E-state index contributed by atoms with van der Waals surface area (Å²) >= 11 is 0. The predicted octanol–water partition coefficient (Wildman–Crippen LogP) is 1.17. The van der Waals surface area contributed by atoms with Crippen molar-refractivity contribution in [1.82, 2.24) is 34.7 Å². The van der Waals surface area contributed by atoms with Gasteiger partial charge in [-0.25, -0.2) is 0 Å². The lowest BCUT2D eigenvalue weighted by molar-refractivity contribution is -0.124. The highest BCUT2D eigenvalue weighted by atomic mass is 16.2. The average Bonchev–Trinajstić information content (AvgIpc) is 3.22. The summed E-state index contributed by atoms with van der Waals surface area (Å²) in [5.41, 5.74) is 3.60. The third-order valence-electron chi connectivity index (χ3n) is 4.03. The largest absolute Gasteiger partial charge is 0.349 e. The van der Waals surface area contributed by atoms with E-state index in [1.807, 2.05) is 44.8 Å². The molecule has 8 heteroatoms. The molecule has 0 radical (unpaired) electrons. The minimum absolute atomic E-state index is 0.0766. The third kappa shape index (κ3) is 2.71. The van der Waals surface area contributed by atoms with E-state index in [1.54, 1.807) is 15.6 Å². The summed E-state index contributed by atoms with van der Waals surface area (Å²) in [7, 11) is 1.87. The van der Waals surface area contributed by atoms with Crippen LogP contribution in [0.15, 0.2) is 18.5 Å². The van der Waals surface area contributed by atoms with E-state index in [2.05, 4.69) is 20.6 Å². The van der Waals surface area contributed by atoms with Crippen molar-refractivity contribution < 1.29 is 4.79 Å². The van der Waals surface area contributed by atoms with E-state index in [1.165, 1.54) is 0 Å². The first-order valence-corrected chi connectivity index (χ1v) is 7.68. The van der Waals surface area contributed by atoms with Gasteiger partial charge in [-0.15, -0.1) is 0 Å². The number of fused-ring (bicyclic) bond motifs is 1. The van der Waals surface area contributed by atoms with Crippen LogP contribution >= 0.6 is 0 Å². The number of nitrogens with zero attached hydrogens (tertiary/aromatic N) is 6. The lowest BCUT2D eigenvalue weighted by atomic mass is 10.3. The SMILES string of the molecule is CCn1nccc1CNC(=O)[C@H](C)n1cc2c(n1)c(C)nn2C. The summed E-state index contributed by atoms with van der Waals surface area (Å²) in [5.74, 6) is -0.0766. The third-order valence-corrected chi connectivity index (χ3v) is 4.03. The number of rotatable bonds is 5. The molecule has 8 nitrogen and oxygen atoms in total. The van der Waals surface area contributed by atoms with Crippen molar-refractivity contribution in [2.75, 3.05) is 0 Å². The number of hydrogen-bond donors (Lipinski definition) is 1. The Morgan fingerprint density at radius 3 is 2.87 bits per heavy atom. The second-order valence-corrected chi connectivity index (χ2v) is 5.58. The van der Waals surface area contributed by atoms with Crippen molar-refractivity contribution in [3.05, 3.63) is 29.8 Å². The van der Waals surface area contributed by atoms with Crippen LogP contribution in [0, 0.1) is 6.92 Å². The molecule has 0 saturated carbocycles. The minimum atomic E-state index is -0.389. The first kappa shape index (κ1) is 15.3. The molecular formula is C15H21N7O. The van der Waals surface area contributed by atoms with Crippen LogP contribution in [0.3, 0.4) is 0 Å². The molecule has 3 rings (SSSR count). The fourth-order valence-corrected chi connectivity index (χ4v) is 2.64. The zero-order valence-electron chi connectivity index (χ0n) is 13.8. The van der Waals surface area contributed by atoms with Crippen LogP contribution in [0.5, 0.6) is 0 Å². The molecule has 122 valence electrons. The normalized spacial score (nSPS) is 12.7. The van der Waals surface area contributed by atoms with Crippen LogP contribution in [-0.4, -0.2) is 35.2 Å². The van der Waals surface area contributed by atoms with E-state index in [0.29, 0.717) is 6.54 Å². The van der Waals surface area contributed by atoms with Gasteiger partial charge in [0.1, 0.15) is 17.1 Å². The molecule has 1 N–H and O–H groups in total. The van der Waals surface area contributed by atoms with Crippen LogP contribution in [0.1, 0.15) is 31.3 Å². The molecule has 0 aliphatic rings. The molecule has 0 aliphatic carbocycles. The molecular weight excluding hydrogens is 294 g/mol. The zero-order valence-corrected chi connectivity index (χ0v) is 13.8. The summed E-state index contributed by atoms with van der Waals surface area (Å²) in [4.78, 5) is 12.4. The van der Waals surface area contributed by atoms with Gasteiger partial charge in [-0.3, -0.25) is 18.8 Å². The molecule has 23 heavy (non-hydrogen) atoms. The van der Waals surface area contributed by atoms with E-state index in [-0.39, 0.29) is 11.9 Å². The number of aromatic nitrogens is 6. The molecule has 0 fully saturated rings. The Bertz CT molecular complexity index is 807. The highest BCUT2D eigenvalue weighted by Crippen LogP contribution is 2.17. The quantitative estimate of drug-likeness (QED) is 0.766. The summed E-state index contributed by atoms with van der Waals surface area (Å²) in [6.45, 7) is 7.01. The Balaban J connectivity index is 1.72. The van der Waals surface area contributed by atoms with Gasteiger partial charge in [0.2, 0.25) is 5.91 Å². The van der Waals surface area contributed by atoms with Gasteiger partial charge in [-0.2, -0.15) is 15.3 Å². The summed E-state index contributed by atoms with van der Waals surface area (Å²) < 4.78 is 5.33. The summed E-state index contributed by atoms with van der Waals surface area (Å²) in [6, 6.07) is 1.52. The fraction of sp³-hybridized carbons (Fsp3) is 0.467. The first-order chi connectivity index (χ1) is 11.0. The van der Waals surface area contributed by atoms with Gasteiger partial charge in [0, 0.05) is 19.8 Å². The van der Waals surface area contributed by atoms with Gasteiger partial charge in [0.25, 0.3) is 0 Å². The van der Waals surface area contributed by atoms with E-state index in [0.717, 1.165) is 29.0 Å². The second-order valence-electron chi connectivity index (χ2n) is 5.58. The van der Waals surface area contributed by atoms with Crippen LogP contribution < -0.4 is 5.32 Å². The first-order valence-electron chi connectivity index (χ1n) is 7.68. The van der Waals surface area contributed by atoms with E-state index < -0.39 is 0 Å². The number of carbonyl (C=O) groups excluding carboxylic acids is 1. The second kappa shape index (κ2) is 5.86. The molecule has 1 atom stereocenters. The van der Waals surface area contributed by atoms with Gasteiger partial charge >= 0.3 is 0 Å². The van der Waals surface area contributed by atoms with Crippen molar-refractivity contribution >= 4 is 16.9 Å². The Morgan fingerprint density at radius 2 is 2.17 bits per heavy atom. The maximum Gasteiger partial charge on any atom is 0.244 e. The number of hydrogen-bond acceptors (Lipinski definition) is 4. The van der Waals surface area contributed by atoms with Crippen LogP contribution in [0.2, 0.25) is 0 Å². The Morgan fingerprint density at radius 1 is 1.39 bits per heavy atom. The minimum Gasteiger partial charge on any atom is -0.349 e. The maximum absolute atomic E-state index is 12.4. The maximum atomic E-state index is 12.4. The molecule has 0 aromatic carbocycles. The standard InChI is InChI=1S/C15H21N7O/c1-5-21-12(6-7-17-21)8-16-15(23)11(3)22-9-13-14(19-22)10(2)18-20(13)4/h6-7,9,11H,5,8H2,1-4H3,(H,16,23)/t11-/m0/s1. The van der Waals surface area contributed by atoms with Crippen molar-refractivity contribution in [2.45, 2.75) is 39.9 Å². The molecule has 0 saturated heterocycles. The number of carbonyl (C=O) groups is 1. The van der Waals surface area contributed by atoms with Gasteiger partial charge in [-0.05, 0) is 26.8 Å². The van der Waals surface area contributed by atoms with Crippen LogP contribution in [-0.2, 0) is 24.9 Å². The van der Waals surface area contributed by atoms with Gasteiger partial charge in [-0.1, -0.05) is 0 Å². The van der Waals surface area contributed by atoms with Crippen LogP contribution in [0.4, 0.5) is 0 Å². The molecule has 1 amide bonds. The lowest BCUT2D eigenvalue weighted by Crippen LogP contribution is -2.31. The molecule has 3 aromatic heterocycles. The van der Waals surface area contributed by atoms with Crippen LogP contribution in [0.25, 0.3) is 11.0 Å². The topological polar surface area (TPSA) is 82.6 Å². The zero-order chi connectivity index (χ0) is 16.6. The Kier molecular flexibility index (Phi) is 3.89. The monoisotopic (exact) mass is 315 g/mol. The predicted molar refractivity (Wildman–Crippen MR) is 85.7 cm³/mol. The average molecular weight is 315 g/mol. The van der Waals surface area contributed by atoms with Crippen molar-refractivity contribution in [3.8, 4) is 0 Å². The van der Waals surface area contributed by atoms with Gasteiger partial charge < -0.3 is 5.32 Å². The molecule has 3 aromatic rings. The summed E-state index contributed by atoms with van der Waals surface area (Å²) in [6.07, 6.45) is 3.60. The molecule has 0 bridgehead atoms. The number of aryl methyl sites for hydroxylation is 3. The Hall–Kier alpha value is -2.64. The van der Waals surface area contributed by atoms with E-state index in [4.69, 9.17) is 0 Å². The number of nitrogens with one attached hydrogen (secondary N) is 1. The Labute approximate surface area is 134 Å².